The van der Waals surface area contributed by atoms with Gasteiger partial charge in [-0.1, -0.05) is 44.2 Å². The van der Waals surface area contributed by atoms with E-state index in [1.165, 1.54) is 12.1 Å². The second kappa shape index (κ2) is 9.22. The van der Waals surface area contributed by atoms with Crippen LogP contribution in [0.4, 0.5) is 4.39 Å². The van der Waals surface area contributed by atoms with Crippen molar-refractivity contribution in [1.82, 2.24) is 15.1 Å². The van der Waals surface area contributed by atoms with Crippen LogP contribution in [0.25, 0.3) is 16.6 Å². The lowest BCUT2D eigenvalue weighted by Gasteiger charge is -2.27. The van der Waals surface area contributed by atoms with E-state index in [2.05, 4.69) is 10.4 Å². The highest BCUT2D eigenvalue weighted by molar-refractivity contribution is 5.82. The SMILES string of the molecule is CC(C)C(=O)N[C@@H](C)[C@H](Oc1ccc2c(cnn2-c2ccc(F)cc2)c1)c1ccccc1. The fourth-order valence-electron chi connectivity index (χ4n) is 3.59. The van der Waals surface area contributed by atoms with Crippen molar-refractivity contribution in [2.45, 2.75) is 32.9 Å². The number of hydrogen-bond donors (Lipinski definition) is 1. The number of halogens is 1. The van der Waals surface area contributed by atoms with Crippen LogP contribution >= 0.6 is 0 Å². The van der Waals surface area contributed by atoms with Crippen LogP contribution in [0.2, 0.25) is 0 Å². The van der Waals surface area contributed by atoms with E-state index < -0.39 is 0 Å². The molecule has 5 nitrogen and oxygen atoms in total. The van der Waals surface area contributed by atoms with Gasteiger partial charge >= 0.3 is 0 Å². The number of benzene rings is 3. The minimum Gasteiger partial charge on any atom is -0.484 e. The van der Waals surface area contributed by atoms with E-state index in [-0.39, 0.29) is 29.8 Å². The van der Waals surface area contributed by atoms with Crippen molar-refractivity contribution in [3.05, 3.63) is 90.4 Å². The predicted octanol–water partition coefficient (Wildman–Crippen LogP) is 5.45. The second-order valence-electron chi connectivity index (χ2n) is 8.15. The first-order valence-electron chi connectivity index (χ1n) is 10.7. The summed E-state index contributed by atoms with van der Waals surface area (Å²) in [5.74, 6) is 0.266. The fourth-order valence-corrected chi connectivity index (χ4v) is 3.59. The zero-order valence-electron chi connectivity index (χ0n) is 18.3. The van der Waals surface area contributed by atoms with E-state index in [0.29, 0.717) is 5.75 Å². The molecule has 0 aliphatic rings. The van der Waals surface area contributed by atoms with Crippen LogP contribution in [-0.2, 0) is 4.79 Å². The number of ether oxygens (including phenoxy) is 1. The van der Waals surface area contributed by atoms with Crippen LogP contribution in [0.3, 0.4) is 0 Å². The maximum Gasteiger partial charge on any atom is 0.222 e. The van der Waals surface area contributed by atoms with Gasteiger partial charge < -0.3 is 10.1 Å². The molecule has 0 fully saturated rings. The minimum atomic E-state index is -0.358. The van der Waals surface area contributed by atoms with E-state index in [0.717, 1.165) is 22.2 Å². The molecule has 0 saturated heterocycles. The van der Waals surface area contributed by atoms with Gasteiger partial charge in [0, 0.05) is 11.3 Å². The predicted molar refractivity (Wildman–Crippen MR) is 123 cm³/mol. The molecule has 32 heavy (non-hydrogen) atoms. The molecule has 0 spiro atoms. The summed E-state index contributed by atoms with van der Waals surface area (Å²) in [5, 5.41) is 8.40. The van der Waals surface area contributed by atoms with Gasteiger partial charge in [-0.05, 0) is 55.0 Å². The molecule has 1 aromatic heterocycles. The third-order valence-electron chi connectivity index (χ3n) is 5.35. The number of nitrogens with zero attached hydrogens (tertiary/aromatic N) is 2. The number of fused-ring (bicyclic) bond motifs is 1. The van der Waals surface area contributed by atoms with E-state index in [4.69, 9.17) is 4.74 Å². The van der Waals surface area contributed by atoms with Crippen LogP contribution in [0.5, 0.6) is 5.75 Å². The number of rotatable bonds is 7. The van der Waals surface area contributed by atoms with Crippen molar-refractivity contribution < 1.29 is 13.9 Å². The summed E-state index contributed by atoms with van der Waals surface area (Å²) in [6.45, 7) is 5.68. The number of carbonyl (C=O) groups is 1. The second-order valence-corrected chi connectivity index (χ2v) is 8.15. The summed E-state index contributed by atoms with van der Waals surface area (Å²) in [5.41, 5.74) is 2.65. The summed E-state index contributed by atoms with van der Waals surface area (Å²) >= 11 is 0. The third kappa shape index (κ3) is 4.64. The molecule has 1 amide bonds. The van der Waals surface area contributed by atoms with Crippen LogP contribution in [0, 0.1) is 11.7 Å². The molecule has 2 atom stereocenters. The first kappa shape index (κ1) is 21.6. The van der Waals surface area contributed by atoms with Crippen molar-refractivity contribution >= 4 is 16.8 Å². The molecule has 0 aliphatic carbocycles. The normalized spacial score (nSPS) is 13.2. The first-order chi connectivity index (χ1) is 15.4. The lowest BCUT2D eigenvalue weighted by Crippen LogP contribution is -2.41. The van der Waals surface area contributed by atoms with Crippen molar-refractivity contribution in [2.75, 3.05) is 0 Å². The monoisotopic (exact) mass is 431 g/mol. The van der Waals surface area contributed by atoms with E-state index in [1.807, 2.05) is 69.3 Å². The molecule has 0 bridgehead atoms. The number of aromatic nitrogens is 2. The summed E-state index contributed by atoms with van der Waals surface area (Å²) in [4.78, 5) is 12.3. The minimum absolute atomic E-state index is 0.0157. The highest BCUT2D eigenvalue weighted by atomic mass is 19.1. The summed E-state index contributed by atoms with van der Waals surface area (Å²) in [7, 11) is 0. The highest BCUT2D eigenvalue weighted by Gasteiger charge is 2.24. The van der Waals surface area contributed by atoms with Crippen LogP contribution in [0.15, 0.2) is 79.0 Å². The number of nitrogens with one attached hydrogen (secondary N) is 1. The maximum atomic E-state index is 13.3. The summed E-state index contributed by atoms with van der Waals surface area (Å²) < 4.78 is 21.4. The van der Waals surface area contributed by atoms with Crippen LogP contribution in [0.1, 0.15) is 32.4 Å². The van der Waals surface area contributed by atoms with Gasteiger partial charge in [-0.15, -0.1) is 0 Å². The molecule has 0 aliphatic heterocycles. The number of amides is 1. The summed E-state index contributed by atoms with van der Waals surface area (Å²) in [6, 6.07) is 21.6. The Morgan fingerprint density at radius 3 is 2.41 bits per heavy atom. The molecule has 0 unspecified atom stereocenters. The van der Waals surface area contributed by atoms with Crippen molar-refractivity contribution in [1.29, 1.82) is 0 Å². The molecule has 0 radical (unpaired) electrons. The molecule has 164 valence electrons. The maximum absolute atomic E-state index is 13.3. The van der Waals surface area contributed by atoms with Crippen molar-refractivity contribution in [2.24, 2.45) is 5.92 Å². The Hall–Kier alpha value is -3.67. The van der Waals surface area contributed by atoms with Gasteiger partial charge in [0.05, 0.1) is 23.4 Å². The zero-order valence-corrected chi connectivity index (χ0v) is 18.3. The molecule has 1 heterocycles. The Labute approximate surface area is 186 Å². The van der Waals surface area contributed by atoms with E-state index >= 15 is 0 Å². The van der Waals surface area contributed by atoms with Gasteiger partial charge in [0.25, 0.3) is 0 Å². The van der Waals surface area contributed by atoms with Crippen LogP contribution in [-0.4, -0.2) is 21.7 Å². The average molecular weight is 432 g/mol. The van der Waals surface area contributed by atoms with Crippen molar-refractivity contribution in [3.63, 3.8) is 0 Å². The first-order valence-corrected chi connectivity index (χ1v) is 10.7. The topological polar surface area (TPSA) is 56.1 Å². The Bertz CT molecular complexity index is 1200. The summed E-state index contributed by atoms with van der Waals surface area (Å²) in [6.07, 6.45) is 1.40. The van der Waals surface area contributed by atoms with E-state index in [1.54, 1.807) is 23.0 Å². The third-order valence-corrected chi connectivity index (χ3v) is 5.35. The highest BCUT2D eigenvalue weighted by Crippen LogP contribution is 2.29. The molecule has 6 heteroatoms. The molecule has 3 aromatic carbocycles. The lowest BCUT2D eigenvalue weighted by atomic mass is 10.0. The molecular weight excluding hydrogens is 405 g/mol. The van der Waals surface area contributed by atoms with Gasteiger partial charge in [-0.2, -0.15) is 5.10 Å². The zero-order chi connectivity index (χ0) is 22.7. The standard InChI is InChI=1S/C26H26FN3O2/c1-17(2)26(31)29-18(3)25(19-7-5-4-6-8-19)32-23-13-14-24-20(15-23)16-28-30(24)22-11-9-21(27)10-12-22/h4-18,25H,1-3H3,(H,29,31)/t18-,25-/m0/s1. The Morgan fingerprint density at radius 1 is 1.00 bits per heavy atom. The quantitative estimate of drug-likeness (QED) is 0.424. The van der Waals surface area contributed by atoms with Gasteiger partial charge in [-0.25, -0.2) is 9.07 Å². The van der Waals surface area contributed by atoms with Gasteiger partial charge in [0.2, 0.25) is 5.91 Å². The molecule has 4 rings (SSSR count). The van der Waals surface area contributed by atoms with Crippen molar-refractivity contribution in [3.8, 4) is 11.4 Å². The molecule has 1 N–H and O–H groups in total. The molecule has 0 saturated carbocycles. The molecule has 4 aromatic rings. The smallest absolute Gasteiger partial charge is 0.222 e. The fraction of sp³-hybridized carbons (Fsp3) is 0.231. The van der Waals surface area contributed by atoms with Gasteiger partial charge in [-0.3, -0.25) is 4.79 Å². The number of hydrogen-bond acceptors (Lipinski definition) is 3. The van der Waals surface area contributed by atoms with Gasteiger partial charge in [0.1, 0.15) is 17.7 Å². The molecular formula is C26H26FN3O2. The van der Waals surface area contributed by atoms with Crippen LogP contribution < -0.4 is 10.1 Å². The van der Waals surface area contributed by atoms with Gasteiger partial charge in [0.15, 0.2) is 0 Å². The Kier molecular flexibility index (Phi) is 6.21. The number of carbonyl (C=O) groups excluding carboxylic acids is 1. The largest absolute Gasteiger partial charge is 0.484 e. The van der Waals surface area contributed by atoms with E-state index in [9.17, 15) is 9.18 Å². The Morgan fingerprint density at radius 2 is 1.72 bits per heavy atom. The lowest BCUT2D eigenvalue weighted by molar-refractivity contribution is -0.125. The average Bonchev–Trinajstić information content (AvgIpc) is 3.21. The Balaban J connectivity index is 1.62.